The Balaban J connectivity index is 2.92. The zero-order chi connectivity index (χ0) is 16.0. The third kappa shape index (κ3) is 5.36. The number of nitrogens with two attached hydrogens (primary N) is 2. The third-order valence-electron chi connectivity index (χ3n) is 2.82. The molecule has 116 valence electrons. The van der Waals surface area contributed by atoms with E-state index in [-0.39, 0.29) is 17.9 Å². The number of rotatable bonds is 8. The molecule has 0 aromatic heterocycles. The van der Waals surface area contributed by atoms with E-state index in [0.717, 1.165) is 5.56 Å². The molecule has 0 aliphatic carbocycles. The van der Waals surface area contributed by atoms with Gasteiger partial charge in [-0.15, -0.1) is 0 Å². The first-order valence-corrected chi connectivity index (χ1v) is 6.58. The molecule has 0 saturated heterocycles. The lowest BCUT2D eigenvalue weighted by Gasteiger charge is -2.23. The molecular weight excluding hydrogens is 274 g/mol. The highest BCUT2D eigenvalue weighted by molar-refractivity contribution is 5.75. The smallest absolute Gasteiger partial charge is 0.293 e. The van der Waals surface area contributed by atoms with E-state index < -0.39 is 10.8 Å². The fraction of sp³-hybridized carbons (Fsp3) is 0.462. The molecule has 0 saturated carbocycles. The van der Waals surface area contributed by atoms with Crippen LogP contribution < -0.4 is 17.0 Å². The summed E-state index contributed by atoms with van der Waals surface area (Å²) in [7, 11) is 0. The maximum absolute atomic E-state index is 11.1. The highest BCUT2D eigenvalue weighted by Crippen LogP contribution is 2.25. The Morgan fingerprint density at radius 1 is 1.48 bits per heavy atom. The number of nitrogens with zero attached hydrogens (tertiary/aromatic N) is 2. The molecule has 0 radical (unpaired) electrons. The van der Waals surface area contributed by atoms with Gasteiger partial charge in [0.2, 0.25) is 5.91 Å². The largest absolute Gasteiger partial charge is 0.369 e. The number of nitrogen functional groups attached to an aromatic ring is 1. The molecule has 5 N–H and O–H groups in total. The second kappa shape index (κ2) is 7.55. The van der Waals surface area contributed by atoms with E-state index in [0.29, 0.717) is 19.0 Å². The maximum atomic E-state index is 11.1. The van der Waals surface area contributed by atoms with Gasteiger partial charge in [-0.25, -0.2) is 0 Å². The summed E-state index contributed by atoms with van der Waals surface area (Å²) >= 11 is 0. The first kappa shape index (κ1) is 16.9. The average Bonchev–Trinajstić information content (AvgIpc) is 2.36. The number of carbonyl (C=O) groups excluding carboxylic acids is 1. The predicted molar refractivity (Wildman–Crippen MR) is 80.2 cm³/mol. The summed E-state index contributed by atoms with van der Waals surface area (Å²) in [5, 5.41) is 10.8. The Morgan fingerprint density at radius 2 is 2.14 bits per heavy atom. The Hall–Kier alpha value is -2.19. The summed E-state index contributed by atoms with van der Waals surface area (Å²) in [5.74, 6) is 5.27. The number of hydrazine groups is 1. The minimum absolute atomic E-state index is 0.0911. The average molecular weight is 295 g/mol. The molecule has 1 rings (SSSR count). The number of nitro benzene ring substituents is 1. The summed E-state index contributed by atoms with van der Waals surface area (Å²) in [6, 6.07) is 4.64. The Kier molecular flexibility index (Phi) is 6.07. The van der Waals surface area contributed by atoms with E-state index in [1.807, 2.05) is 18.7 Å². The van der Waals surface area contributed by atoms with Crippen molar-refractivity contribution in [3.8, 4) is 0 Å². The van der Waals surface area contributed by atoms with Crippen LogP contribution in [0.15, 0.2) is 18.2 Å². The number of hydrogen-bond acceptors (Lipinski definition) is 6. The van der Waals surface area contributed by atoms with Crippen LogP contribution in [0.5, 0.6) is 0 Å². The Labute approximate surface area is 123 Å². The van der Waals surface area contributed by atoms with Gasteiger partial charge in [-0.1, -0.05) is 19.9 Å². The highest BCUT2D eigenvalue weighted by Gasteiger charge is 2.16. The summed E-state index contributed by atoms with van der Waals surface area (Å²) in [6.07, 6.45) is 0. The lowest BCUT2D eigenvalue weighted by atomic mass is 10.1. The number of anilines is 1. The van der Waals surface area contributed by atoms with E-state index in [1.54, 1.807) is 12.1 Å². The van der Waals surface area contributed by atoms with Crippen LogP contribution in [0.25, 0.3) is 0 Å². The van der Waals surface area contributed by atoms with Gasteiger partial charge >= 0.3 is 0 Å². The number of hydrogen-bond donors (Lipinski definition) is 3. The summed E-state index contributed by atoms with van der Waals surface area (Å²) < 4.78 is 0. The normalized spacial score (nSPS) is 10.9. The molecule has 1 aromatic rings. The van der Waals surface area contributed by atoms with Gasteiger partial charge in [0.1, 0.15) is 5.69 Å². The van der Waals surface area contributed by atoms with Crippen molar-refractivity contribution in [3.05, 3.63) is 33.9 Å². The Morgan fingerprint density at radius 3 is 2.62 bits per heavy atom. The predicted octanol–water partition coefficient (Wildman–Crippen LogP) is 0.824. The number of benzene rings is 1. The van der Waals surface area contributed by atoms with E-state index >= 15 is 0 Å². The third-order valence-corrected chi connectivity index (χ3v) is 2.82. The summed E-state index contributed by atoms with van der Waals surface area (Å²) in [6.45, 7) is 5.38. The molecule has 0 aliphatic rings. The van der Waals surface area contributed by atoms with Crippen molar-refractivity contribution < 1.29 is 9.72 Å². The van der Waals surface area contributed by atoms with Crippen LogP contribution in [0.4, 0.5) is 11.4 Å². The molecule has 0 atom stereocenters. The zero-order valence-corrected chi connectivity index (χ0v) is 12.2. The molecule has 0 fully saturated rings. The number of nitrogens with one attached hydrogen (secondary N) is 1. The Bertz CT molecular complexity index is 519. The van der Waals surface area contributed by atoms with Gasteiger partial charge in [0.05, 0.1) is 11.5 Å². The van der Waals surface area contributed by atoms with Gasteiger partial charge in [-0.05, 0) is 17.5 Å². The molecule has 0 bridgehead atoms. The topological polar surface area (TPSA) is 128 Å². The monoisotopic (exact) mass is 295 g/mol. The van der Waals surface area contributed by atoms with Crippen LogP contribution in [-0.4, -0.2) is 28.8 Å². The maximum Gasteiger partial charge on any atom is 0.293 e. The van der Waals surface area contributed by atoms with Crippen molar-refractivity contribution >= 4 is 17.3 Å². The standard InChI is InChI=1S/C13H21N5O3/c1-9(2)6-17(8-13(14)19)7-10-3-4-12(18(20)21)11(5-10)16-15/h3-5,9,16H,6-8,15H2,1-2H3,(H2,14,19). The van der Waals surface area contributed by atoms with E-state index in [1.165, 1.54) is 6.07 Å². The van der Waals surface area contributed by atoms with Crippen LogP contribution in [0.3, 0.4) is 0 Å². The molecule has 21 heavy (non-hydrogen) atoms. The second-order valence-electron chi connectivity index (χ2n) is 5.28. The number of primary amides is 1. The summed E-state index contributed by atoms with van der Waals surface area (Å²) in [5.41, 5.74) is 8.52. The zero-order valence-electron chi connectivity index (χ0n) is 12.2. The van der Waals surface area contributed by atoms with Crippen molar-refractivity contribution in [1.82, 2.24) is 4.90 Å². The van der Waals surface area contributed by atoms with E-state index in [9.17, 15) is 14.9 Å². The van der Waals surface area contributed by atoms with Gasteiger partial charge in [0.15, 0.2) is 0 Å². The lowest BCUT2D eigenvalue weighted by Crippen LogP contribution is -2.35. The van der Waals surface area contributed by atoms with Crippen LogP contribution in [0, 0.1) is 16.0 Å². The van der Waals surface area contributed by atoms with Crippen molar-refractivity contribution in [3.63, 3.8) is 0 Å². The molecule has 0 spiro atoms. The SMILES string of the molecule is CC(C)CN(CC(N)=O)Cc1ccc([N+](=O)[O-])c(NN)c1. The lowest BCUT2D eigenvalue weighted by molar-refractivity contribution is -0.384. The first-order valence-electron chi connectivity index (χ1n) is 6.58. The molecule has 1 amide bonds. The fourth-order valence-electron chi connectivity index (χ4n) is 2.14. The van der Waals surface area contributed by atoms with E-state index in [2.05, 4.69) is 5.43 Å². The summed E-state index contributed by atoms with van der Waals surface area (Å²) in [4.78, 5) is 23.3. The minimum Gasteiger partial charge on any atom is -0.369 e. The highest BCUT2D eigenvalue weighted by atomic mass is 16.6. The second-order valence-corrected chi connectivity index (χ2v) is 5.28. The molecule has 8 heteroatoms. The number of carbonyl (C=O) groups is 1. The molecule has 0 heterocycles. The molecular formula is C13H21N5O3. The van der Waals surface area contributed by atoms with E-state index in [4.69, 9.17) is 11.6 Å². The van der Waals surface area contributed by atoms with Crippen LogP contribution >= 0.6 is 0 Å². The van der Waals surface area contributed by atoms with Crippen molar-refractivity contribution in [2.45, 2.75) is 20.4 Å². The number of amides is 1. The van der Waals surface area contributed by atoms with Gasteiger partial charge in [0.25, 0.3) is 5.69 Å². The fourth-order valence-corrected chi connectivity index (χ4v) is 2.14. The minimum atomic E-state index is -0.506. The molecule has 1 aromatic carbocycles. The van der Waals surface area contributed by atoms with Gasteiger partial charge in [-0.3, -0.25) is 25.7 Å². The van der Waals surface area contributed by atoms with Crippen LogP contribution in [-0.2, 0) is 11.3 Å². The number of nitro groups is 1. The van der Waals surface area contributed by atoms with Crippen LogP contribution in [0.2, 0.25) is 0 Å². The first-order chi connectivity index (χ1) is 9.83. The van der Waals surface area contributed by atoms with Crippen molar-refractivity contribution in [2.75, 3.05) is 18.5 Å². The van der Waals surface area contributed by atoms with Crippen molar-refractivity contribution in [1.29, 1.82) is 0 Å². The van der Waals surface area contributed by atoms with Gasteiger partial charge < -0.3 is 11.2 Å². The molecule has 0 unspecified atom stereocenters. The quantitative estimate of drug-likeness (QED) is 0.370. The van der Waals surface area contributed by atoms with Gasteiger partial charge in [-0.2, -0.15) is 0 Å². The van der Waals surface area contributed by atoms with Gasteiger partial charge in [0, 0.05) is 19.2 Å². The van der Waals surface area contributed by atoms with Crippen molar-refractivity contribution in [2.24, 2.45) is 17.5 Å². The molecule has 0 aliphatic heterocycles. The van der Waals surface area contributed by atoms with Crippen LogP contribution in [0.1, 0.15) is 19.4 Å². The molecule has 8 nitrogen and oxygen atoms in total.